The van der Waals surface area contributed by atoms with Gasteiger partial charge in [0, 0.05) is 8.95 Å². The monoisotopic (exact) mass is 374 g/mol. The van der Waals surface area contributed by atoms with Gasteiger partial charge in [-0.2, -0.15) is 0 Å². The van der Waals surface area contributed by atoms with Gasteiger partial charge in [0.2, 0.25) is 5.91 Å². The average Bonchev–Trinajstić information content (AvgIpc) is 3.06. The van der Waals surface area contributed by atoms with E-state index in [9.17, 15) is 4.79 Å². The third-order valence-electron chi connectivity index (χ3n) is 3.34. The third kappa shape index (κ3) is 2.78. The summed E-state index contributed by atoms with van der Waals surface area (Å²) in [6.45, 7) is 3.80. The van der Waals surface area contributed by atoms with Crippen LogP contribution in [0.1, 0.15) is 25.3 Å². The maximum atomic E-state index is 12.2. The molecule has 18 heavy (non-hydrogen) atoms. The van der Waals surface area contributed by atoms with E-state index in [4.69, 9.17) is 5.73 Å². The predicted molar refractivity (Wildman–Crippen MR) is 80.5 cm³/mol. The van der Waals surface area contributed by atoms with Crippen molar-refractivity contribution in [2.24, 2.45) is 11.7 Å². The number of hydrogen-bond acceptors (Lipinski definition) is 2. The number of nitrogens with one attached hydrogen (secondary N) is 1. The highest BCUT2D eigenvalue weighted by molar-refractivity contribution is 9.11. The fourth-order valence-electron chi connectivity index (χ4n) is 1.94. The second kappa shape index (κ2) is 4.94. The molecule has 1 saturated carbocycles. The molecule has 3 nitrogen and oxygen atoms in total. The van der Waals surface area contributed by atoms with Gasteiger partial charge in [0.1, 0.15) is 0 Å². The Labute approximate surface area is 124 Å². The molecule has 1 aromatic rings. The summed E-state index contributed by atoms with van der Waals surface area (Å²) in [5.74, 6) is 0.177. The second-order valence-electron chi connectivity index (χ2n) is 5.11. The molecule has 1 aromatic carbocycles. The van der Waals surface area contributed by atoms with E-state index >= 15 is 0 Å². The Kier molecular flexibility index (Phi) is 3.85. The number of anilines is 1. The zero-order chi connectivity index (χ0) is 13.5. The number of halogens is 2. The van der Waals surface area contributed by atoms with Crippen molar-refractivity contribution in [3.63, 3.8) is 0 Å². The number of carbonyl (C=O) groups is 1. The van der Waals surface area contributed by atoms with Gasteiger partial charge in [-0.05, 0) is 82.2 Å². The molecule has 1 aliphatic carbocycles. The topological polar surface area (TPSA) is 55.1 Å². The van der Waals surface area contributed by atoms with E-state index in [1.54, 1.807) is 6.92 Å². The summed E-state index contributed by atoms with van der Waals surface area (Å²) in [5, 5.41) is 2.91. The van der Waals surface area contributed by atoms with Gasteiger partial charge >= 0.3 is 0 Å². The van der Waals surface area contributed by atoms with Crippen LogP contribution in [0.4, 0.5) is 5.69 Å². The molecule has 98 valence electrons. The lowest BCUT2D eigenvalue weighted by atomic mass is 9.96. The summed E-state index contributed by atoms with van der Waals surface area (Å²) in [4.78, 5) is 12.2. The van der Waals surface area contributed by atoms with Crippen molar-refractivity contribution in [2.75, 3.05) is 5.32 Å². The molecule has 1 atom stereocenters. The van der Waals surface area contributed by atoms with E-state index in [0.29, 0.717) is 5.92 Å². The highest BCUT2D eigenvalue weighted by Gasteiger charge is 2.44. The molecule has 0 saturated heterocycles. The first-order chi connectivity index (χ1) is 8.32. The molecule has 1 unspecified atom stereocenters. The largest absolute Gasteiger partial charge is 0.323 e. The van der Waals surface area contributed by atoms with Crippen LogP contribution in [0.3, 0.4) is 0 Å². The molecule has 1 amide bonds. The van der Waals surface area contributed by atoms with Crippen LogP contribution in [0.25, 0.3) is 0 Å². The molecule has 0 aliphatic heterocycles. The van der Waals surface area contributed by atoms with Crippen LogP contribution in [-0.4, -0.2) is 11.4 Å². The summed E-state index contributed by atoms with van der Waals surface area (Å²) >= 11 is 6.92. The van der Waals surface area contributed by atoms with Crippen LogP contribution < -0.4 is 11.1 Å². The molecule has 0 radical (unpaired) electrons. The fraction of sp³-hybridized carbons (Fsp3) is 0.462. The van der Waals surface area contributed by atoms with Crippen molar-refractivity contribution >= 4 is 43.5 Å². The summed E-state index contributed by atoms with van der Waals surface area (Å²) in [6, 6.07) is 3.93. The molecule has 1 aliphatic rings. The number of amides is 1. The molecule has 5 heteroatoms. The Morgan fingerprint density at radius 3 is 2.33 bits per heavy atom. The van der Waals surface area contributed by atoms with Crippen molar-refractivity contribution in [1.82, 2.24) is 0 Å². The quantitative estimate of drug-likeness (QED) is 0.848. The van der Waals surface area contributed by atoms with E-state index in [1.807, 2.05) is 19.1 Å². The first-order valence-corrected chi connectivity index (χ1v) is 7.47. The van der Waals surface area contributed by atoms with Crippen molar-refractivity contribution < 1.29 is 4.79 Å². The molecule has 0 bridgehead atoms. The van der Waals surface area contributed by atoms with Crippen molar-refractivity contribution in [3.05, 3.63) is 26.6 Å². The zero-order valence-electron chi connectivity index (χ0n) is 10.4. The summed E-state index contributed by atoms with van der Waals surface area (Å²) < 4.78 is 1.71. The minimum atomic E-state index is -0.788. The lowest BCUT2D eigenvalue weighted by Gasteiger charge is -2.24. The molecule has 3 N–H and O–H groups in total. The molecular formula is C13H16Br2N2O. The Morgan fingerprint density at radius 1 is 1.39 bits per heavy atom. The van der Waals surface area contributed by atoms with Crippen LogP contribution in [-0.2, 0) is 4.79 Å². The molecule has 1 fully saturated rings. The van der Waals surface area contributed by atoms with Gasteiger partial charge < -0.3 is 11.1 Å². The Morgan fingerprint density at radius 2 is 1.89 bits per heavy atom. The number of aryl methyl sites for hydroxylation is 1. The van der Waals surface area contributed by atoms with Crippen molar-refractivity contribution in [3.8, 4) is 0 Å². The molecule has 2 rings (SSSR count). The molecule has 0 spiro atoms. The van der Waals surface area contributed by atoms with E-state index in [-0.39, 0.29) is 5.91 Å². The van der Waals surface area contributed by atoms with Crippen molar-refractivity contribution in [2.45, 2.75) is 32.2 Å². The minimum Gasteiger partial charge on any atom is -0.323 e. The summed E-state index contributed by atoms with van der Waals surface area (Å²) in [6.07, 6.45) is 2.08. The van der Waals surface area contributed by atoms with Crippen LogP contribution in [0, 0.1) is 12.8 Å². The van der Waals surface area contributed by atoms with E-state index in [2.05, 4.69) is 37.2 Å². The van der Waals surface area contributed by atoms with Crippen LogP contribution in [0.2, 0.25) is 0 Å². The molecule has 0 aromatic heterocycles. The average molecular weight is 376 g/mol. The van der Waals surface area contributed by atoms with E-state index in [0.717, 1.165) is 33.0 Å². The number of benzene rings is 1. The van der Waals surface area contributed by atoms with Crippen molar-refractivity contribution in [1.29, 1.82) is 0 Å². The maximum Gasteiger partial charge on any atom is 0.244 e. The lowest BCUT2D eigenvalue weighted by Crippen LogP contribution is -2.50. The smallest absolute Gasteiger partial charge is 0.244 e. The van der Waals surface area contributed by atoms with Gasteiger partial charge in [0.25, 0.3) is 0 Å². The van der Waals surface area contributed by atoms with Crippen LogP contribution >= 0.6 is 31.9 Å². The van der Waals surface area contributed by atoms with Gasteiger partial charge in [-0.1, -0.05) is 0 Å². The Bertz CT molecular complexity index is 473. The number of nitrogens with two attached hydrogens (primary N) is 1. The van der Waals surface area contributed by atoms with Gasteiger partial charge in [-0.15, -0.1) is 0 Å². The zero-order valence-corrected chi connectivity index (χ0v) is 13.6. The third-order valence-corrected chi connectivity index (χ3v) is 4.59. The number of hydrogen-bond donors (Lipinski definition) is 2. The normalized spacial score (nSPS) is 18.3. The minimum absolute atomic E-state index is 0.129. The fourth-order valence-corrected chi connectivity index (χ4v) is 3.55. The first kappa shape index (κ1) is 14.0. The molecular weight excluding hydrogens is 360 g/mol. The predicted octanol–water partition coefficient (Wildman–Crippen LogP) is 3.59. The number of carbonyl (C=O) groups excluding carboxylic acids is 1. The standard InChI is InChI=1S/C13H16Br2N2O/c1-7-5-9(14)11(10(15)6-7)17-12(18)13(2,16)8-3-4-8/h5-6,8H,3-4,16H2,1-2H3,(H,17,18). The Balaban J connectivity index is 2.21. The summed E-state index contributed by atoms with van der Waals surface area (Å²) in [7, 11) is 0. The van der Waals surface area contributed by atoms with E-state index < -0.39 is 5.54 Å². The van der Waals surface area contributed by atoms with Gasteiger partial charge in [-0.3, -0.25) is 4.79 Å². The number of rotatable bonds is 3. The van der Waals surface area contributed by atoms with Gasteiger partial charge in [-0.25, -0.2) is 0 Å². The lowest BCUT2D eigenvalue weighted by molar-refractivity contribution is -0.121. The van der Waals surface area contributed by atoms with Gasteiger partial charge in [0.15, 0.2) is 0 Å². The highest BCUT2D eigenvalue weighted by Crippen LogP contribution is 2.39. The maximum absolute atomic E-state index is 12.2. The van der Waals surface area contributed by atoms with E-state index in [1.165, 1.54) is 0 Å². The Hall–Kier alpha value is -0.390. The highest BCUT2D eigenvalue weighted by atomic mass is 79.9. The molecule has 0 heterocycles. The summed E-state index contributed by atoms with van der Waals surface area (Å²) in [5.41, 5.74) is 7.17. The second-order valence-corrected chi connectivity index (χ2v) is 6.82. The van der Waals surface area contributed by atoms with Crippen LogP contribution in [0.5, 0.6) is 0 Å². The first-order valence-electron chi connectivity index (χ1n) is 5.88. The van der Waals surface area contributed by atoms with Gasteiger partial charge in [0.05, 0.1) is 11.2 Å². The SMILES string of the molecule is Cc1cc(Br)c(NC(=O)C(C)(N)C2CC2)c(Br)c1. The van der Waals surface area contributed by atoms with Crippen LogP contribution in [0.15, 0.2) is 21.1 Å².